The van der Waals surface area contributed by atoms with Crippen molar-refractivity contribution in [1.29, 1.82) is 0 Å². The number of aliphatic hydroxyl groups is 1. The normalized spacial score (nSPS) is 45.3. The highest BCUT2D eigenvalue weighted by Gasteiger charge is 2.44. The molecule has 0 aromatic heterocycles. The lowest BCUT2D eigenvalue weighted by atomic mass is 9.86. The first kappa shape index (κ1) is 6.55. The van der Waals surface area contributed by atoms with Gasteiger partial charge >= 0.3 is 0 Å². The van der Waals surface area contributed by atoms with Crippen LogP contribution in [-0.4, -0.2) is 21.7 Å². The Balaban J connectivity index is 2.26. The second-order valence-corrected chi connectivity index (χ2v) is 3.71. The molecule has 1 aliphatic heterocycles. The first-order valence-corrected chi connectivity index (χ1v) is 4.15. The Labute approximate surface area is 65.6 Å². The monoisotopic (exact) mass is 157 g/mol. The average molecular weight is 157 g/mol. The van der Waals surface area contributed by atoms with E-state index in [1.165, 1.54) is 6.42 Å². The second-order valence-electron chi connectivity index (χ2n) is 3.30. The Hall–Kier alpha value is -0.150. The van der Waals surface area contributed by atoms with Crippen LogP contribution in [0.4, 0.5) is 0 Å². The van der Waals surface area contributed by atoms with Crippen LogP contribution < -0.4 is 5.32 Å². The Morgan fingerprint density at radius 2 is 2.50 bits per heavy atom. The fourth-order valence-electron chi connectivity index (χ4n) is 1.90. The van der Waals surface area contributed by atoms with Gasteiger partial charge in [-0.15, -0.1) is 0 Å². The van der Waals surface area contributed by atoms with Crippen molar-refractivity contribution in [2.45, 2.75) is 37.3 Å². The van der Waals surface area contributed by atoms with Crippen molar-refractivity contribution in [2.24, 2.45) is 0 Å². The van der Waals surface area contributed by atoms with Gasteiger partial charge < -0.3 is 10.4 Å². The topological polar surface area (TPSA) is 32.3 Å². The van der Waals surface area contributed by atoms with Crippen LogP contribution in [0.1, 0.15) is 25.7 Å². The summed E-state index contributed by atoms with van der Waals surface area (Å²) >= 11 is 5.01. The Morgan fingerprint density at radius 1 is 1.70 bits per heavy atom. The highest BCUT2D eigenvalue weighted by molar-refractivity contribution is 7.80. The highest BCUT2D eigenvalue weighted by atomic mass is 32.1. The lowest BCUT2D eigenvalue weighted by Crippen LogP contribution is -2.35. The average Bonchev–Trinajstić information content (AvgIpc) is 2.04. The Kier molecular flexibility index (Phi) is 1.26. The number of nitrogens with one attached hydrogen (secondary N) is 1. The van der Waals surface area contributed by atoms with E-state index in [2.05, 4.69) is 5.32 Å². The summed E-state index contributed by atoms with van der Waals surface area (Å²) in [5, 5.41) is 12.9. The standard InChI is InChI=1S/C7H11NOS/c9-7-3-1-2-5(4-7)8-6(7)10/h5,9H,1-4H2,(H,8,10). The molecule has 0 spiro atoms. The molecule has 0 aromatic carbocycles. The molecular formula is C7H11NOS. The van der Waals surface area contributed by atoms with E-state index in [9.17, 15) is 5.11 Å². The molecule has 2 atom stereocenters. The van der Waals surface area contributed by atoms with Crippen molar-refractivity contribution < 1.29 is 5.11 Å². The van der Waals surface area contributed by atoms with E-state index in [0.717, 1.165) is 19.3 Å². The Bertz CT molecular complexity index is 182. The van der Waals surface area contributed by atoms with Gasteiger partial charge in [-0.1, -0.05) is 12.2 Å². The smallest absolute Gasteiger partial charge is 0.116 e. The minimum absolute atomic E-state index is 0.464. The van der Waals surface area contributed by atoms with Crippen molar-refractivity contribution >= 4 is 17.2 Å². The molecule has 0 aromatic rings. The highest BCUT2D eigenvalue weighted by Crippen LogP contribution is 2.34. The summed E-state index contributed by atoms with van der Waals surface area (Å²) in [5.74, 6) is 0. The lowest BCUT2D eigenvalue weighted by molar-refractivity contribution is 0.0824. The van der Waals surface area contributed by atoms with Crippen molar-refractivity contribution in [2.75, 3.05) is 0 Å². The minimum Gasteiger partial charge on any atom is -0.383 e. The van der Waals surface area contributed by atoms with E-state index >= 15 is 0 Å². The van der Waals surface area contributed by atoms with E-state index in [0.29, 0.717) is 11.0 Å². The zero-order valence-corrected chi connectivity index (χ0v) is 6.58. The number of rotatable bonds is 0. The van der Waals surface area contributed by atoms with Gasteiger partial charge in [0.25, 0.3) is 0 Å². The maximum absolute atomic E-state index is 9.79. The largest absolute Gasteiger partial charge is 0.383 e. The summed E-state index contributed by atoms with van der Waals surface area (Å²) in [7, 11) is 0. The minimum atomic E-state index is -0.627. The lowest BCUT2D eigenvalue weighted by Gasteiger charge is -2.24. The number of hydrogen-bond acceptors (Lipinski definition) is 2. The molecule has 1 saturated carbocycles. The van der Waals surface area contributed by atoms with Crippen molar-refractivity contribution in [3.63, 3.8) is 0 Å². The molecule has 2 unspecified atom stereocenters. The van der Waals surface area contributed by atoms with Crippen LogP contribution in [0, 0.1) is 0 Å². The van der Waals surface area contributed by atoms with Crippen LogP contribution in [0.15, 0.2) is 0 Å². The van der Waals surface area contributed by atoms with E-state index in [-0.39, 0.29) is 0 Å². The molecule has 2 nitrogen and oxygen atoms in total. The van der Waals surface area contributed by atoms with Gasteiger partial charge in [0.15, 0.2) is 0 Å². The SMILES string of the molecule is OC12CCCC(C1)NC2=S. The summed E-state index contributed by atoms with van der Waals surface area (Å²) in [4.78, 5) is 0.676. The molecule has 2 bridgehead atoms. The van der Waals surface area contributed by atoms with Gasteiger partial charge in [-0.25, -0.2) is 0 Å². The molecule has 2 rings (SSSR count). The van der Waals surface area contributed by atoms with Gasteiger partial charge in [0, 0.05) is 12.5 Å². The molecule has 1 aliphatic carbocycles. The predicted octanol–water partition coefficient (Wildman–Crippen LogP) is 0.591. The molecule has 2 aliphatic rings. The fraction of sp³-hybridized carbons (Fsp3) is 0.857. The number of fused-ring (bicyclic) bond motifs is 2. The molecule has 2 N–H and O–H groups in total. The maximum atomic E-state index is 9.79. The Morgan fingerprint density at radius 3 is 3.10 bits per heavy atom. The molecule has 1 heterocycles. The fourth-order valence-corrected chi connectivity index (χ4v) is 2.25. The predicted molar refractivity (Wildman–Crippen MR) is 42.9 cm³/mol. The van der Waals surface area contributed by atoms with Crippen LogP contribution in [0.2, 0.25) is 0 Å². The van der Waals surface area contributed by atoms with Crippen molar-refractivity contribution in [3.05, 3.63) is 0 Å². The summed E-state index contributed by atoms with van der Waals surface area (Å²) in [5.41, 5.74) is -0.627. The van der Waals surface area contributed by atoms with Gasteiger partial charge in [0.2, 0.25) is 0 Å². The molecule has 0 radical (unpaired) electrons. The summed E-state index contributed by atoms with van der Waals surface area (Å²) in [6.07, 6.45) is 3.97. The number of hydrogen-bond donors (Lipinski definition) is 2. The van der Waals surface area contributed by atoms with Gasteiger partial charge in [-0.3, -0.25) is 0 Å². The van der Waals surface area contributed by atoms with Gasteiger partial charge in [0.05, 0.1) is 0 Å². The van der Waals surface area contributed by atoms with Crippen LogP contribution in [0.5, 0.6) is 0 Å². The van der Waals surface area contributed by atoms with Crippen LogP contribution in [-0.2, 0) is 0 Å². The van der Waals surface area contributed by atoms with Gasteiger partial charge in [-0.05, 0) is 19.3 Å². The van der Waals surface area contributed by atoms with E-state index in [4.69, 9.17) is 12.2 Å². The van der Waals surface area contributed by atoms with E-state index in [1.807, 2.05) is 0 Å². The summed E-state index contributed by atoms with van der Waals surface area (Å²) in [6.45, 7) is 0. The molecule has 0 amide bonds. The van der Waals surface area contributed by atoms with Crippen LogP contribution >= 0.6 is 12.2 Å². The molecule has 1 saturated heterocycles. The molecule has 56 valence electrons. The first-order chi connectivity index (χ1) is 4.71. The van der Waals surface area contributed by atoms with Crippen LogP contribution in [0.25, 0.3) is 0 Å². The van der Waals surface area contributed by atoms with Crippen LogP contribution in [0.3, 0.4) is 0 Å². The second kappa shape index (κ2) is 1.92. The van der Waals surface area contributed by atoms with Gasteiger partial charge in [-0.2, -0.15) is 0 Å². The summed E-state index contributed by atoms with van der Waals surface area (Å²) in [6, 6.07) is 0.464. The molecule has 10 heavy (non-hydrogen) atoms. The first-order valence-electron chi connectivity index (χ1n) is 3.74. The summed E-state index contributed by atoms with van der Waals surface area (Å²) < 4.78 is 0. The maximum Gasteiger partial charge on any atom is 0.116 e. The number of thiocarbonyl (C=S) groups is 1. The zero-order chi connectivity index (χ0) is 7.19. The molecule has 2 fully saturated rings. The van der Waals surface area contributed by atoms with Gasteiger partial charge in [0.1, 0.15) is 10.6 Å². The van der Waals surface area contributed by atoms with E-state index in [1.54, 1.807) is 0 Å². The quantitative estimate of drug-likeness (QED) is 0.505. The van der Waals surface area contributed by atoms with Crippen molar-refractivity contribution in [1.82, 2.24) is 5.32 Å². The van der Waals surface area contributed by atoms with E-state index < -0.39 is 5.60 Å². The third-order valence-corrected chi connectivity index (χ3v) is 2.98. The molecule has 3 heteroatoms. The zero-order valence-electron chi connectivity index (χ0n) is 5.76. The molecular weight excluding hydrogens is 146 g/mol. The third-order valence-electron chi connectivity index (χ3n) is 2.48. The van der Waals surface area contributed by atoms with Crippen molar-refractivity contribution in [3.8, 4) is 0 Å². The third kappa shape index (κ3) is 0.772.